The lowest BCUT2D eigenvalue weighted by Crippen LogP contribution is -2.20. The maximum absolute atomic E-state index is 11.6. The summed E-state index contributed by atoms with van der Waals surface area (Å²) in [6, 6.07) is 3.11. The van der Waals surface area contributed by atoms with Gasteiger partial charge in [-0.2, -0.15) is 10.2 Å². The molecular formula is C14H14Cl2N4O3. The van der Waals surface area contributed by atoms with Crippen LogP contribution in [0.2, 0.25) is 10.0 Å². The van der Waals surface area contributed by atoms with Crippen molar-refractivity contribution >= 4 is 35.1 Å². The molecule has 0 amide bonds. The molecule has 0 aliphatic carbocycles. The summed E-state index contributed by atoms with van der Waals surface area (Å²) in [7, 11) is 1.50. The van der Waals surface area contributed by atoms with Gasteiger partial charge in [-0.1, -0.05) is 23.2 Å². The number of nitrogens with one attached hydrogen (secondary N) is 1. The lowest BCUT2D eigenvalue weighted by Gasteiger charge is -2.08. The van der Waals surface area contributed by atoms with E-state index in [4.69, 9.17) is 27.9 Å². The molecule has 0 spiro atoms. The monoisotopic (exact) mass is 356 g/mol. The van der Waals surface area contributed by atoms with Crippen molar-refractivity contribution in [3.05, 3.63) is 44.3 Å². The lowest BCUT2D eigenvalue weighted by atomic mass is 10.2. The van der Waals surface area contributed by atoms with Crippen molar-refractivity contribution in [3.8, 4) is 11.5 Å². The maximum atomic E-state index is 11.6. The molecule has 0 fully saturated rings. The fourth-order valence-electron chi connectivity index (χ4n) is 1.70. The van der Waals surface area contributed by atoms with E-state index in [1.807, 2.05) is 0 Å². The Morgan fingerprint density at radius 2 is 2.22 bits per heavy atom. The average molecular weight is 357 g/mol. The van der Waals surface area contributed by atoms with E-state index in [-0.39, 0.29) is 27.2 Å². The lowest BCUT2D eigenvalue weighted by molar-refractivity contribution is 0.318. The Hall–Kier alpha value is -2.25. The molecule has 0 unspecified atom stereocenters. The topological polar surface area (TPSA) is 88.7 Å². The Morgan fingerprint density at radius 3 is 2.91 bits per heavy atom. The first-order valence-electron chi connectivity index (χ1n) is 6.60. The fraction of sp³-hybridized carbons (Fsp3) is 0.214. The van der Waals surface area contributed by atoms with Crippen LogP contribution in [0.1, 0.15) is 12.5 Å². The Labute approximate surface area is 142 Å². The van der Waals surface area contributed by atoms with Crippen LogP contribution in [-0.4, -0.2) is 27.7 Å². The number of aromatic nitrogens is 2. The quantitative estimate of drug-likeness (QED) is 0.634. The molecule has 1 aromatic heterocycles. The van der Waals surface area contributed by atoms with Gasteiger partial charge in [-0.15, -0.1) is 0 Å². The summed E-state index contributed by atoms with van der Waals surface area (Å²) >= 11 is 11.8. The second-order valence-corrected chi connectivity index (χ2v) is 5.24. The normalized spacial score (nSPS) is 11.0. The number of phenolic OH excluding ortho intramolecular Hbond substituents is 1. The van der Waals surface area contributed by atoms with Crippen molar-refractivity contribution in [3.63, 3.8) is 0 Å². The molecule has 2 rings (SSSR count). The van der Waals surface area contributed by atoms with Gasteiger partial charge in [0.25, 0.3) is 5.56 Å². The summed E-state index contributed by atoms with van der Waals surface area (Å²) in [6.45, 7) is 2.18. The van der Waals surface area contributed by atoms with Crippen LogP contribution >= 0.6 is 23.2 Å². The zero-order valence-electron chi connectivity index (χ0n) is 12.4. The van der Waals surface area contributed by atoms with E-state index < -0.39 is 5.56 Å². The van der Waals surface area contributed by atoms with Gasteiger partial charge in [0.05, 0.1) is 24.0 Å². The highest BCUT2D eigenvalue weighted by molar-refractivity contribution is 6.33. The van der Waals surface area contributed by atoms with E-state index in [1.54, 1.807) is 13.0 Å². The number of aromatic hydroxyl groups is 1. The Morgan fingerprint density at radius 1 is 1.48 bits per heavy atom. The van der Waals surface area contributed by atoms with Crippen molar-refractivity contribution in [2.75, 3.05) is 12.0 Å². The highest BCUT2D eigenvalue weighted by Crippen LogP contribution is 2.34. The number of hydrogen-bond donors (Lipinski definition) is 2. The van der Waals surface area contributed by atoms with Gasteiger partial charge in [0.1, 0.15) is 10.7 Å². The zero-order chi connectivity index (χ0) is 17.0. The average Bonchev–Trinajstić information content (AvgIpc) is 2.52. The van der Waals surface area contributed by atoms with E-state index in [1.165, 1.54) is 25.5 Å². The van der Waals surface area contributed by atoms with Crippen LogP contribution in [-0.2, 0) is 7.05 Å². The van der Waals surface area contributed by atoms with Crippen LogP contribution in [0, 0.1) is 0 Å². The third-order valence-electron chi connectivity index (χ3n) is 2.83. The van der Waals surface area contributed by atoms with Crippen molar-refractivity contribution < 1.29 is 9.84 Å². The Kier molecular flexibility index (Phi) is 5.46. The zero-order valence-corrected chi connectivity index (χ0v) is 13.9. The summed E-state index contributed by atoms with van der Waals surface area (Å²) in [5.41, 5.74) is 3.07. The molecule has 23 heavy (non-hydrogen) atoms. The number of halogens is 2. The van der Waals surface area contributed by atoms with Crippen molar-refractivity contribution in [1.82, 2.24) is 9.78 Å². The van der Waals surface area contributed by atoms with Crippen molar-refractivity contribution in [2.45, 2.75) is 6.92 Å². The van der Waals surface area contributed by atoms with E-state index >= 15 is 0 Å². The number of rotatable bonds is 5. The van der Waals surface area contributed by atoms with E-state index in [0.717, 1.165) is 4.68 Å². The number of hydrogen-bond acceptors (Lipinski definition) is 6. The number of phenols is 1. The summed E-state index contributed by atoms with van der Waals surface area (Å²) in [4.78, 5) is 11.6. The molecule has 0 saturated carbocycles. The van der Waals surface area contributed by atoms with Crippen LogP contribution in [0.5, 0.6) is 11.5 Å². The minimum atomic E-state index is -0.432. The largest absolute Gasteiger partial charge is 0.503 e. The second kappa shape index (κ2) is 7.34. The minimum Gasteiger partial charge on any atom is -0.503 e. The highest BCUT2D eigenvalue weighted by atomic mass is 35.5. The van der Waals surface area contributed by atoms with Gasteiger partial charge < -0.3 is 9.84 Å². The summed E-state index contributed by atoms with van der Waals surface area (Å²) in [5, 5.41) is 17.7. The van der Waals surface area contributed by atoms with Crippen LogP contribution in [0.4, 0.5) is 5.69 Å². The third kappa shape index (κ3) is 3.94. The smallest absolute Gasteiger partial charge is 0.287 e. The van der Waals surface area contributed by atoms with Gasteiger partial charge in [-0.25, -0.2) is 4.68 Å². The number of ether oxygens (including phenoxy) is 1. The molecular weight excluding hydrogens is 343 g/mol. The van der Waals surface area contributed by atoms with Gasteiger partial charge in [0.15, 0.2) is 11.5 Å². The Bertz CT molecular complexity index is 805. The second-order valence-electron chi connectivity index (χ2n) is 4.45. The summed E-state index contributed by atoms with van der Waals surface area (Å²) < 4.78 is 6.40. The molecule has 7 nitrogen and oxygen atoms in total. The van der Waals surface area contributed by atoms with Crippen molar-refractivity contribution in [2.24, 2.45) is 12.1 Å². The molecule has 1 aromatic carbocycles. The molecule has 1 heterocycles. The molecule has 0 bridgehead atoms. The summed E-state index contributed by atoms with van der Waals surface area (Å²) in [5.74, 6) is 0.132. The van der Waals surface area contributed by atoms with Gasteiger partial charge in [0.2, 0.25) is 0 Å². The first kappa shape index (κ1) is 17.1. The first-order valence-corrected chi connectivity index (χ1v) is 7.35. The molecule has 0 aliphatic heterocycles. The van der Waals surface area contributed by atoms with Gasteiger partial charge in [-0.3, -0.25) is 10.2 Å². The molecule has 0 atom stereocenters. The van der Waals surface area contributed by atoms with E-state index in [2.05, 4.69) is 15.6 Å². The number of hydrazone groups is 1. The van der Waals surface area contributed by atoms with Crippen LogP contribution in [0.15, 0.2) is 28.2 Å². The van der Waals surface area contributed by atoms with Gasteiger partial charge in [-0.05, 0) is 24.6 Å². The predicted octanol–water partition coefficient (Wildman–Crippen LogP) is 2.64. The molecule has 9 heteroatoms. The minimum absolute atomic E-state index is 0.0154. The van der Waals surface area contributed by atoms with Crippen LogP contribution in [0.3, 0.4) is 0 Å². The fourth-order valence-corrected chi connectivity index (χ4v) is 2.13. The first-order chi connectivity index (χ1) is 10.9. The third-order valence-corrected chi connectivity index (χ3v) is 3.48. The van der Waals surface area contributed by atoms with Crippen LogP contribution in [0.25, 0.3) is 0 Å². The maximum Gasteiger partial charge on any atom is 0.287 e. The van der Waals surface area contributed by atoms with Crippen LogP contribution < -0.4 is 15.7 Å². The molecule has 0 saturated heterocycles. The summed E-state index contributed by atoms with van der Waals surface area (Å²) in [6.07, 6.45) is 2.83. The van der Waals surface area contributed by atoms with Gasteiger partial charge in [0, 0.05) is 7.05 Å². The van der Waals surface area contributed by atoms with E-state index in [9.17, 15) is 9.90 Å². The highest BCUT2D eigenvalue weighted by Gasteiger charge is 2.09. The van der Waals surface area contributed by atoms with Gasteiger partial charge >= 0.3 is 0 Å². The predicted molar refractivity (Wildman–Crippen MR) is 90.0 cm³/mol. The molecule has 2 aromatic rings. The SMILES string of the molecule is CCOc1cc(/C=N\Nc2cnn(C)c(=O)c2Cl)cc(Cl)c1O. The van der Waals surface area contributed by atoms with Crippen molar-refractivity contribution in [1.29, 1.82) is 0 Å². The molecule has 2 N–H and O–H groups in total. The number of benzene rings is 1. The molecule has 122 valence electrons. The standard InChI is InChI=1S/C14H14Cl2N4O3/c1-3-23-11-5-8(4-9(15)13(11)21)6-17-19-10-7-18-20(2)14(22)12(10)16/h4-7,19,21H,3H2,1-2H3/b17-6-. The molecule has 0 radical (unpaired) electrons. The number of aryl methyl sites for hydroxylation is 1. The number of nitrogens with zero attached hydrogens (tertiary/aromatic N) is 3. The Balaban J connectivity index is 2.21. The molecule has 0 aliphatic rings. The number of anilines is 1. The van der Waals surface area contributed by atoms with E-state index in [0.29, 0.717) is 12.2 Å².